The molecule has 30 heavy (non-hydrogen) atoms. The number of thiazole rings is 1. The summed E-state index contributed by atoms with van der Waals surface area (Å²) in [5.74, 6) is 0. The smallest absolute Gasteiger partial charge is 0.264 e. The molecule has 0 radical (unpaired) electrons. The molecule has 0 aliphatic carbocycles. The number of aryl methyl sites for hydroxylation is 3. The summed E-state index contributed by atoms with van der Waals surface area (Å²) in [6, 6.07) is 7.55. The molecule has 0 aliphatic rings. The first-order chi connectivity index (χ1) is 14.4. The van der Waals surface area contributed by atoms with Crippen molar-refractivity contribution in [2.24, 2.45) is 0 Å². The Labute approximate surface area is 174 Å². The summed E-state index contributed by atoms with van der Waals surface area (Å²) in [5, 5.41) is 6.69. The van der Waals surface area contributed by atoms with Crippen molar-refractivity contribution in [3.8, 4) is 5.69 Å². The maximum atomic E-state index is 13.0. The van der Waals surface area contributed by atoms with Crippen LogP contribution >= 0.6 is 11.3 Å². The molecular formula is C21H18N6O2S. The fourth-order valence-corrected chi connectivity index (χ4v) is 4.57. The third kappa shape index (κ3) is 2.94. The van der Waals surface area contributed by atoms with E-state index in [-0.39, 0.29) is 17.7 Å². The van der Waals surface area contributed by atoms with E-state index in [4.69, 9.17) is 0 Å². The molecule has 8 nitrogen and oxygen atoms in total. The lowest BCUT2D eigenvalue weighted by Gasteiger charge is -2.08. The maximum absolute atomic E-state index is 13.0. The largest absolute Gasteiger partial charge is 0.292 e. The number of rotatable bonds is 3. The predicted molar refractivity (Wildman–Crippen MR) is 116 cm³/mol. The second kappa shape index (κ2) is 6.74. The number of hydrogen-bond acceptors (Lipinski definition) is 6. The normalized spacial score (nSPS) is 11.6. The Balaban J connectivity index is 1.58. The maximum Gasteiger partial charge on any atom is 0.264 e. The second-order valence-corrected chi connectivity index (χ2v) is 8.23. The molecule has 0 atom stereocenters. The van der Waals surface area contributed by atoms with Crippen LogP contribution in [0.1, 0.15) is 22.5 Å². The van der Waals surface area contributed by atoms with Gasteiger partial charge >= 0.3 is 0 Å². The topological polar surface area (TPSA) is 87.1 Å². The monoisotopic (exact) mass is 418 g/mol. The Bertz CT molecular complexity index is 1540. The van der Waals surface area contributed by atoms with E-state index in [0.717, 1.165) is 22.5 Å². The van der Waals surface area contributed by atoms with Crippen LogP contribution in [0.15, 0.2) is 51.8 Å². The molecule has 0 unspecified atom stereocenters. The molecule has 1 aromatic carbocycles. The Morgan fingerprint density at radius 2 is 1.80 bits per heavy atom. The highest BCUT2D eigenvalue weighted by molar-refractivity contribution is 7.15. The van der Waals surface area contributed by atoms with Gasteiger partial charge in [-0.1, -0.05) is 6.07 Å². The lowest BCUT2D eigenvalue weighted by atomic mass is 10.1. The summed E-state index contributed by atoms with van der Waals surface area (Å²) in [6.45, 7) is 6.06. The average Bonchev–Trinajstić information content (AvgIpc) is 3.28. The molecule has 0 amide bonds. The molecule has 4 heterocycles. The van der Waals surface area contributed by atoms with Crippen LogP contribution in [0.5, 0.6) is 0 Å². The zero-order chi connectivity index (χ0) is 21.0. The van der Waals surface area contributed by atoms with Crippen LogP contribution < -0.4 is 11.1 Å². The first-order valence-electron chi connectivity index (χ1n) is 9.39. The van der Waals surface area contributed by atoms with Gasteiger partial charge in [0.05, 0.1) is 24.1 Å². The number of nitrogens with zero attached hydrogens (tertiary/aromatic N) is 6. The Morgan fingerprint density at radius 3 is 2.57 bits per heavy atom. The van der Waals surface area contributed by atoms with Crippen LogP contribution in [0.3, 0.4) is 0 Å². The molecule has 0 aliphatic heterocycles. The van der Waals surface area contributed by atoms with Crippen molar-refractivity contribution in [1.82, 2.24) is 28.7 Å². The van der Waals surface area contributed by atoms with Gasteiger partial charge in [-0.25, -0.2) is 14.6 Å². The van der Waals surface area contributed by atoms with E-state index in [1.807, 2.05) is 38.3 Å². The van der Waals surface area contributed by atoms with Crippen LogP contribution in [0, 0.1) is 20.8 Å². The zero-order valence-corrected chi connectivity index (χ0v) is 17.5. The van der Waals surface area contributed by atoms with Crippen molar-refractivity contribution in [2.75, 3.05) is 0 Å². The molecule has 0 spiro atoms. The second-order valence-electron chi connectivity index (χ2n) is 7.40. The van der Waals surface area contributed by atoms with Gasteiger partial charge in [0.2, 0.25) is 0 Å². The standard InChI is InChI=1S/C21H18N6O2S/c1-12-4-13(2)6-16(5-12)27-19-17(8-23-27)20(29)25(11-22-19)9-15-7-18(28)26-14(3)10-30-21(26)24-15/h4-8,10-11H,9H2,1-3H3. The molecule has 0 saturated carbocycles. The van der Waals surface area contributed by atoms with E-state index >= 15 is 0 Å². The van der Waals surface area contributed by atoms with Crippen LogP contribution in [0.2, 0.25) is 0 Å². The molecule has 5 rings (SSSR count). The summed E-state index contributed by atoms with van der Waals surface area (Å²) in [7, 11) is 0. The predicted octanol–water partition coefficient (Wildman–Crippen LogP) is 2.63. The van der Waals surface area contributed by atoms with Gasteiger partial charge in [-0.2, -0.15) is 5.10 Å². The van der Waals surface area contributed by atoms with E-state index in [2.05, 4.69) is 21.1 Å². The van der Waals surface area contributed by atoms with Gasteiger partial charge in [-0.15, -0.1) is 11.3 Å². The number of fused-ring (bicyclic) bond motifs is 2. The van der Waals surface area contributed by atoms with Gasteiger partial charge < -0.3 is 0 Å². The quantitative estimate of drug-likeness (QED) is 0.450. The van der Waals surface area contributed by atoms with Crippen LogP contribution in [0.4, 0.5) is 0 Å². The third-order valence-corrected chi connectivity index (χ3v) is 5.91. The fraction of sp³-hybridized carbons (Fsp3) is 0.190. The Hall–Kier alpha value is -3.59. The fourth-order valence-electron chi connectivity index (χ4n) is 3.68. The van der Waals surface area contributed by atoms with Crippen molar-refractivity contribution < 1.29 is 0 Å². The summed E-state index contributed by atoms with van der Waals surface area (Å²) in [5.41, 5.74) is 4.57. The third-order valence-electron chi connectivity index (χ3n) is 4.97. The van der Waals surface area contributed by atoms with Gasteiger partial charge in [-0.05, 0) is 44.0 Å². The summed E-state index contributed by atoms with van der Waals surface area (Å²) in [4.78, 5) is 35.0. The molecule has 0 fully saturated rings. The van der Waals surface area contributed by atoms with Gasteiger partial charge in [0, 0.05) is 17.1 Å². The molecular weight excluding hydrogens is 400 g/mol. The molecule has 4 aromatic heterocycles. The molecule has 150 valence electrons. The molecule has 9 heteroatoms. The highest BCUT2D eigenvalue weighted by Gasteiger charge is 2.13. The van der Waals surface area contributed by atoms with Crippen LogP contribution in [0.25, 0.3) is 21.7 Å². The SMILES string of the molecule is Cc1cc(C)cc(-n2ncc3c(=O)n(Cc4cc(=O)n5c(C)csc5n4)cnc32)c1. The minimum atomic E-state index is -0.222. The van der Waals surface area contributed by atoms with Gasteiger partial charge in [0.1, 0.15) is 11.7 Å². The van der Waals surface area contributed by atoms with Crippen LogP contribution in [-0.4, -0.2) is 28.7 Å². The number of aromatic nitrogens is 6. The number of hydrogen-bond donors (Lipinski definition) is 0. The van der Waals surface area contributed by atoms with Crippen molar-refractivity contribution in [1.29, 1.82) is 0 Å². The molecule has 0 saturated heterocycles. The van der Waals surface area contributed by atoms with Gasteiger partial charge in [-0.3, -0.25) is 18.6 Å². The first kappa shape index (κ1) is 18.4. The zero-order valence-electron chi connectivity index (χ0n) is 16.7. The number of benzene rings is 1. The van der Waals surface area contributed by atoms with E-state index in [9.17, 15) is 9.59 Å². The minimum Gasteiger partial charge on any atom is -0.292 e. The van der Waals surface area contributed by atoms with Crippen LogP contribution in [-0.2, 0) is 6.54 Å². The Morgan fingerprint density at radius 1 is 1.03 bits per heavy atom. The average molecular weight is 418 g/mol. The first-order valence-corrected chi connectivity index (χ1v) is 10.3. The molecule has 0 bridgehead atoms. The van der Waals surface area contributed by atoms with E-state index in [1.54, 1.807) is 9.08 Å². The van der Waals surface area contributed by atoms with Crippen molar-refractivity contribution >= 4 is 27.3 Å². The summed E-state index contributed by atoms with van der Waals surface area (Å²) in [6.07, 6.45) is 3.02. The van der Waals surface area contributed by atoms with E-state index in [0.29, 0.717) is 21.7 Å². The van der Waals surface area contributed by atoms with E-state index < -0.39 is 0 Å². The van der Waals surface area contributed by atoms with Gasteiger partial charge in [0.15, 0.2) is 10.6 Å². The van der Waals surface area contributed by atoms with Crippen molar-refractivity contribution in [2.45, 2.75) is 27.3 Å². The lowest BCUT2D eigenvalue weighted by Crippen LogP contribution is -2.23. The summed E-state index contributed by atoms with van der Waals surface area (Å²) < 4.78 is 4.69. The van der Waals surface area contributed by atoms with Gasteiger partial charge in [0.25, 0.3) is 11.1 Å². The molecule has 5 aromatic rings. The molecule has 0 N–H and O–H groups in total. The Kier molecular flexibility index (Phi) is 4.14. The van der Waals surface area contributed by atoms with Crippen molar-refractivity contribution in [3.63, 3.8) is 0 Å². The van der Waals surface area contributed by atoms with Crippen molar-refractivity contribution in [3.05, 3.63) is 85.4 Å². The highest BCUT2D eigenvalue weighted by Crippen LogP contribution is 2.17. The highest BCUT2D eigenvalue weighted by atomic mass is 32.1. The van der Waals surface area contributed by atoms with E-state index in [1.165, 1.54) is 34.5 Å². The summed E-state index contributed by atoms with van der Waals surface area (Å²) >= 11 is 1.40. The minimum absolute atomic E-state index is 0.154. The lowest BCUT2D eigenvalue weighted by molar-refractivity contribution is 0.725.